The molecule has 0 radical (unpaired) electrons. The van der Waals surface area contributed by atoms with Crippen LogP contribution in [-0.2, 0) is 13.5 Å². The molecule has 0 spiro atoms. The molecule has 2 rings (SSSR count). The highest BCUT2D eigenvalue weighted by atomic mass is 79.9. The van der Waals surface area contributed by atoms with E-state index in [0.717, 1.165) is 15.9 Å². The molecule has 0 saturated carbocycles. The third-order valence-electron chi connectivity index (χ3n) is 2.74. The minimum atomic E-state index is 0.0289. The van der Waals surface area contributed by atoms with E-state index in [1.54, 1.807) is 28.9 Å². The first kappa shape index (κ1) is 13.3. The van der Waals surface area contributed by atoms with Crippen LogP contribution in [0.2, 0.25) is 5.02 Å². The quantitative estimate of drug-likeness (QED) is 0.808. The maximum Gasteiger partial charge on any atom is 0.168 e. The van der Waals surface area contributed by atoms with Gasteiger partial charge in [0.1, 0.15) is 0 Å². The van der Waals surface area contributed by atoms with Gasteiger partial charge in [-0.2, -0.15) is 5.10 Å². The summed E-state index contributed by atoms with van der Waals surface area (Å²) in [7, 11) is 1.83. The second-order valence-corrected chi connectivity index (χ2v) is 5.31. The molecule has 3 nitrogen and oxygen atoms in total. The molecule has 94 valence electrons. The molecule has 0 atom stereocenters. The van der Waals surface area contributed by atoms with Crippen molar-refractivity contribution in [2.24, 2.45) is 7.05 Å². The Morgan fingerprint density at radius 3 is 2.78 bits per heavy atom. The van der Waals surface area contributed by atoms with Crippen molar-refractivity contribution in [3.05, 3.63) is 50.7 Å². The molecular formula is C13H12BrClN2O. The van der Waals surface area contributed by atoms with E-state index in [0.29, 0.717) is 17.0 Å². The van der Waals surface area contributed by atoms with Crippen LogP contribution < -0.4 is 0 Å². The molecule has 1 aromatic carbocycles. The van der Waals surface area contributed by atoms with Gasteiger partial charge in [0.25, 0.3) is 0 Å². The van der Waals surface area contributed by atoms with Crippen LogP contribution in [0.1, 0.15) is 21.7 Å². The van der Waals surface area contributed by atoms with Crippen molar-refractivity contribution < 1.29 is 4.79 Å². The summed E-state index contributed by atoms with van der Waals surface area (Å²) in [6.07, 6.45) is 0.304. The van der Waals surface area contributed by atoms with Crippen LogP contribution in [0.5, 0.6) is 0 Å². The van der Waals surface area contributed by atoms with Crippen molar-refractivity contribution in [1.82, 2.24) is 9.78 Å². The predicted molar refractivity (Wildman–Crippen MR) is 75.1 cm³/mol. The number of ketones is 1. The second kappa shape index (κ2) is 5.24. The van der Waals surface area contributed by atoms with Gasteiger partial charge in [-0.05, 0) is 35.0 Å². The first-order chi connectivity index (χ1) is 8.49. The Balaban J connectivity index is 2.27. The van der Waals surface area contributed by atoms with Gasteiger partial charge < -0.3 is 0 Å². The molecule has 0 saturated heterocycles. The number of aryl methyl sites for hydroxylation is 2. The van der Waals surface area contributed by atoms with Crippen molar-refractivity contribution in [2.45, 2.75) is 13.3 Å². The summed E-state index contributed by atoms with van der Waals surface area (Å²) in [5.41, 5.74) is 2.37. The largest absolute Gasteiger partial charge is 0.294 e. The molecule has 0 fully saturated rings. The number of Topliss-reactive ketones (excluding diaryl/α,β-unsaturated/α-hetero) is 1. The first-order valence-electron chi connectivity index (χ1n) is 5.45. The summed E-state index contributed by atoms with van der Waals surface area (Å²) in [6.45, 7) is 1.90. The topological polar surface area (TPSA) is 34.9 Å². The Morgan fingerprint density at radius 2 is 2.22 bits per heavy atom. The van der Waals surface area contributed by atoms with Crippen molar-refractivity contribution in [3.8, 4) is 0 Å². The maximum atomic E-state index is 12.2. The number of aromatic nitrogens is 2. The lowest BCUT2D eigenvalue weighted by atomic mass is 10.1. The summed E-state index contributed by atoms with van der Waals surface area (Å²) >= 11 is 9.33. The van der Waals surface area contributed by atoms with Crippen molar-refractivity contribution in [1.29, 1.82) is 0 Å². The SMILES string of the molecule is Cc1nn(C)c(CC(=O)c2cccc(Cl)c2)c1Br. The third-order valence-corrected chi connectivity index (χ3v) is 4.00. The Morgan fingerprint density at radius 1 is 1.50 bits per heavy atom. The van der Waals surface area contributed by atoms with Gasteiger partial charge in [0.15, 0.2) is 5.78 Å². The highest BCUT2D eigenvalue weighted by Gasteiger charge is 2.15. The summed E-state index contributed by atoms with van der Waals surface area (Å²) in [6, 6.07) is 6.98. The van der Waals surface area contributed by atoms with Gasteiger partial charge in [0.2, 0.25) is 0 Å². The Labute approximate surface area is 119 Å². The number of nitrogens with zero attached hydrogens (tertiary/aromatic N) is 2. The maximum absolute atomic E-state index is 12.2. The fourth-order valence-corrected chi connectivity index (χ4v) is 2.45. The monoisotopic (exact) mass is 326 g/mol. The standard InChI is InChI=1S/C13H12BrClN2O/c1-8-13(14)11(17(2)16-8)7-12(18)9-4-3-5-10(15)6-9/h3-6H,7H2,1-2H3. The number of benzene rings is 1. The van der Waals surface area contributed by atoms with E-state index in [1.807, 2.05) is 14.0 Å². The van der Waals surface area contributed by atoms with Crippen molar-refractivity contribution in [3.63, 3.8) is 0 Å². The van der Waals surface area contributed by atoms with Crippen LogP contribution >= 0.6 is 27.5 Å². The van der Waals surface area contributed by atoms with Crippen LogP contribution in [0, 0.1) is 6.92 Å². The lowest BCUT2D eigenvalue weighted by Gasteiger charge is -2.03. The molecular weight excluding hydrogens is 316 g/mol. The fraction of sp³-hybridized carbons (Fsp3) is 0.231. The lowest BCUT2D eigenvalue weighted by Crippen LogP contribution is -2.08. The molecule has 0 N–H and O–H groups in total. The molecule has 1 heterocycles. The molecule has 5 heteroatoms. The summed E-state index contributed by atoms with van der Waals surface area (Å²) in [5, 5.41) is 4.84. The molecule has 0 aliphatic carbocycles. The minimum Gasteiger partial charge on any atom is -0.294 e. The number of carbonyl (C=O) groups is 1. The average Bonchev–Trinajstić information content (AvgIpc) is 2.56. The molecule has 18 heavy (non-hydrogen) atoms. The lowest BCUT2D eigenvalue weighted by molar-refractivity contribution is 0.0990. The molecule has 0 bridgehead atoms. The minimum absolute atomic E-state index is 0.0289. The zero-order chi connectivity index (χ0) is 13.3. The second-order valence-electron chi connectivity index (χ2n) is 4.08. The number of rotatable bonds is 3. The number of carbonyl (C=O) groups excluding carboxylic acids is 1. The first-order valence-corrected chi connectivity index (χ1v) is 6.63. The zero-order valence-electron chi connectivity index (χ0n) is 10.1. The van der Waals surface area contributed by atoms with Gasteiger partial charge in [0.05, 0.1) is 22.3 Å². The van der Waals surface area contributed by atoms with Crippen molar-refractivity contribution >= 4 is 33.3 Å². The van der Waals surface area contributed by atoms with E-state index in [1.165, 1.54) is 0 Å². The van der Waals surface area contributed by atoms with Crippen LogP contribution in [0.3, 0.4) is 0 Å². The van der Waals surface area contributed by atoms with Gasteiger partial charge in [0, 0.05) is 17.6 Å². The molecule has 2 aromatic rings. The van der Waals surface area contributed by atoms with Crippen LogP contribution in [0.4, 0.5) is 0 Å². The van der Waals surface area contributed by atoms with Gasteiger partial charge in [-0.3, -0.25) is 9.48 Å². The highest BCUT2D eigenvalue weighted by Crippen LogP contribution is 2.22. The van der Waals surface area contributed by atoms with Crippen LogP contribution in [-0.4, -0.2) is 15.6 Å². The van der Waals surface area contributed by atoms with E-state index in [9.17, 15) is 4.79 Å². The zero-order valence-corrected chi connectivity index (χ0v) is 12.4. The Kier molecular flexibility index (Phi) is 3.88. The molecule has 0 aliphatic heterocycles. The third kappa shape index (κ3) is 2.65. The molecule has 0 aliphatic rings. The summed E-state index contributed by atoms with van der Waals surface area (Å²) in [4.78, 5) is 12.2. The van der Waals surface area contributed by atoms with E-state index in [2.05, 4.69) is 21.0 Å². The van der Waals surface area contributed by atoms with Crippen molar-refractivity contribution in [2.75, 3.05) is 0 Å². The van der Waals surface area contributed by atoms with Crippen LogP contribution in [0.15, 0.2) is 28.7 Å². The number of hydrogen-bond acceptors (Lipinski definition) is 2. The fourth-order valence-electron chi connectivity index (χ4n) is 1.79. The number of halogens is 2. The van der Waals surface area contributed by atoms with Crippen LogP contribution in [0.25, 0.3) is 0 Å². The molecule has 1 aromatic heterocycles. The smallest absolute Gasteiger partial charge is 0.168 e. The van der Waals surface area contributed by atoms with E-state index in [-0.39, 0.29) is 5.78 Å². The average molecular weight is 328 g/mol. The van der Waals surface area contributed by atoms with E-state index >= 15 is 0 Å². The highest BCUT2D eigenvalue weighted by molar-refractivity contribution is 9.10. The number of hydrogen-bond donors (Lipinski definition) is 0. The molecule has 0 unspecified atom stereocenters. The van der Waals surface area contributed by atoms with E-state index in [4.69, 9.17) is 11.6 Å². The summed E-state index contributed by atoms with van der Waals surface area (Å²) < 4.78 is 2.61. The predicted octanol–water partition coefficient (Wildman–Crippen LogP) is 3.57. The van der Waals surface area contributed by atoms with Gasteiger partial charge in [-0.15, -0.1) is 0 Å². The normalized spacial score (nSPS) is 10.7. The van der Waals surface area contributed by atoms with Gasteiger partial charge in [-0.1, -0.05) is 23.7 Å². The Hall–Kier alpha value is -1.13. The van der Waals surface area contributed by atoms with Gasteiger partial charge >= 0.3 is 0 Å². The van der Waals surface area contributed by atoms with E-state index < -0.39 is 0 Å². The summed E-state index contributed by atoms with van der Waals surface area (Å²) in [5.74, 6) is 0.0289. The van der Waals surface area contributed by atoms with Gasteiger partial charge in [-0.25, -0.2) is 0 Å². The Bertz CT molecular complexity index is 607. The molecule has 0 amide bonds.